The van der Waals surface area contributed by atoms with Crippen molar-refractivity contribution in [2.24, 2.45) is 0 Å². The Morgan fingerprint density at radius 1 is 1.50 bits per heavy atom. The molecule has 0 aromatic carbocycles. The number of aromatic nitrogens is 1. The van der Waals surface area contributed by atoms with Gasteiger partial charge in [-0.15, -0.1) is 0 Å². The molecule has 0 bridgehead atoms. The van der Waals surface area contributed by atoms with E-state index in [1.54, 1.807) is 0 Å². The van der Waals surface area contributed by atoms with E-state index in [1.807, 2.05) is 0 Å². The van der Waals surface area contributed by atoms with Gasteiger partial charge >= 0.3 is 0 Å². The summed E-state index contributed by atoms with van der Waals surface area (Å²) in [6.45, 7) is -0.575. The van der Waals surface area contributed by atoms with Gasteiger partial charge in [-0.2, -0.15) is 0 Å². The van der Waals surface area contributed by atoms with Crippen molar-refractivity contribution in [2.75, 3.05) is 6.61 Å². The summed E-state index contributed by atoms with van der Waals surface area (Å²) in [4.78, 5) is 14.3. The summed E-state index contributed by atoms with van der Waals surface area (Å²) in [5, 5.41) is 27.3. The second-order valence-electron chi connectivity index (χ2n) is 2.82. The van der Waals surface area contributed by atoms with E-state index in [0.717, 1.165) is 0 Å². The minimum Gasteiger partial charge on any atom is -0.394 e. The average Bonchev–Trinajstić information content (AvgIpc) is 2.26. The van der Waals surface area contributed by atoms with Crippen molar-refractivity contribution >= 4 is 6.29 Å². The van der Waals surface area contributed by atoms with Crippen LogP contribution in [0, 0.1) is 0 Å². The van der Waals surface area contributed by atoms with Crippen LogP contribution in [0.1, 0.15) is 22.0 Å². The number of aliphatic hydroxyl groups is 3. The molecule has 0 fully saturated rings. The van der Waals surface area contributed by atoms with Crippen molar-refractivity contribution in [3.05, 3.63) is 29.6 Å². The lowest BCUT2D eigenvalue weighted by molar-refractivity contribution is -0.0156. The fourth-order valence-electron chi connectivity index (χ4n) is 1.08. The molecule has 0 saturated heterocycles. The molecule has 2 unspecified atom stereocenters. The number of nitrogens with zero attached hydrogens (tertiary/aromatic N) is 1. The van der Waals surface area contributed by atoms with Gasteiger partial charge < -0.3 is 15.3 Å². The van der Waals surface area contributed by atoms with Gasteiger partial charge in [0.1, 0.15) is 12.2 Å². The molecular weight excluding hydrogens is 186 g/mol. The van der Waals surface area contributed by atoms with Crippen LogP contribution in [-0.2, 0) is 0 Å². The molecule has 1 heterocycles. The molecule has 0 aliphatic rings. The molecule has 1 aromatic rings. The van der Waals surface area contributed by atoms with Crippen molar-refractivity contribution in [1.82, 2.24) is 4.98 Å². The van der Waals surface area contributed by atoms with Crippen molar-refractivity contribution in [3.8, 4) is 0 Å². The van der Waals surface area contributed by atoms with Crippen LogP contribution in [0.15, 0.2) is 18.5 Å². The molecular formula is C9H11NO4. The highest BCUT2D eigenvalue weighted by Crippen LogP contribution is 2.18. The molecule has 0 saturated carbocycles. The van der Waals surface area contributed by atoms with Crippen LogP contribution in [0.2, 0.25) is 0 Å². The molecule has 0 amide bonds. The summed E-state index contributed by atoms with van der Waals surface area (Å²) in [5.74, 6) is 0. The molecule has 5 nitrogen and oxygen atoms in total. The number of carbonyl (C=O) groups is 1. The van der Waals surface area contributed by atoms with E-state index in [-0.39, 0.29) is 11.1 Å². The first-order valence-corrected chi connectivity index (χ1v) is 4.06. The Balaban J connectivity index is 2.99. The minimum atomic E-state index is -1.31. The maximum Gasteiger partial charge on any atom is 0.150 e. The van der Waals surface area contributed by atoms with Crippen molar-refractivity contribution in [2.45, 2.75) is 12.2 Å². The van der Waals surface area contributed by atoms with Crippen LogP contribution in [0.3, 0.4) is 0 Å². The summed E-state index contributed by atoms with van der Waals surface area (Å²) in [6, 6.07) is 1.43. The Bertz CT molecular complexity index is 315. The van der Waals surface area contributed by atoms with Gasteiger partial charge in [-0.3, -0.25) is 9.78 Å². The highest BCUT2D eigenvalue weighted by atomic mass is 16.4. The van der Waals surface area contributed by atoms with Crippen LogP contribution in [0.5, 0.6) is 0 Å². The molecule has 3 N–H and O–H groups in total. The largest absolute Gasteiger partial charge is 0.394 e. The van der Waals surface area contributed by atoms with Gasteiger partial charge in [0.05, 0.1) is 6.61 Å². The maximum atomic E-state index is 10.6. The summed E-state index contributed by atoms with van der Waals surface area (Å²) in [5.41, 5.74) is 0.462. The maximum absolute atomic E-state index is 10.6. The molecule has 1 aromatic heterocycles. The first-order chi connectivity index (χ1) is 6.70. The van der Waals surface area contributed by atoms with Crippen LogP contribution in [0.25, 0.3) is 0 Å². The lowest BCUT2D eigenvalue weighted by Crippen LogP contribution is -2.23. The van der Waals surface area contributed by atoms with E-state index in [1.165, 1.54) is 18.5 Å². The summed E-state index contributed by atoms with van der Waals surface area (Å²) in [7, 11) is 0. The van der Waals surface area contributed by atoms with Gasteiger partial charge in [-0.25, -0.2) is 0 Å². The highest BCUT2D eigenvalue weighted by Gasteiger charge is 2.20. The number of rotatable bonds is 4. The molecule has 1 rings (SSSR count). The molecule has 2 atom stereocenters. The minimum absolute atomic E-state index is 0.212. The number of aldehydes is 1. The third kappa shape index (κ3) is 2.14. The quantitative estimate of drug-likeness (QED) is 0.554. The number of hydrogen-bond acceptors (Lipinski definition) is 5. The molecule has 14 heavy (non-hydrogen) atoms. The van der Waals surface area contributed by atoms with Gasteiger partial charge in [0.25, 0.3) is 0 Å². The van der Waals surface area contributed by atoms with Gasteiger partial charge in [0.2, 0.25) is 0 Å². The van der Waals surface area contributed by atoms with Gasteiger partial charge in [0, 0.05) is 23.5 Å². The van der Waals surface area contributed by atoms with E-state index in [4.69, 9.17) is 10.2 Å². The Morgan fingerprint density at radius 3 is 2.79 bits per heavy atom. The van der Waals surface area contributed by atoms with E-state index in [2.05, 4.69) is 4.98 Å². The molecule has 76 valence electrons. The van der Waals surface area contributed by atoms with E-state index < -0.39 is 18.8 Å². The normalized spacial score (nSPS) is 14.8. The predicted octanol–water partition coefficient (Wildman–Crippen LogP) is -0.719. The van der Waals surface area contributed by atoms with Crippen LogP contribution in [-0.4, -0.2) is 39.3 Å². The molecule has 0 spiro atoms. The second-order valence-corrected chi connectivity index (χ2v) is 2.82. The van der Waals surface area contributed by atoms with Crippen molar-refractivity contribution in [1.29, 1.82) is 0 Å². The Morgan fingerprint density at radius 2 is 2.21 bits per heavy atom. The number of carbonyl (C=O) groups excluding carboxylic acids is 1. The Hall–Kier alpha value is -1.30. The molecule has 5 heteroatoms. The first kappa shape index (κ1) is 10.8. The average molecular weight is 197 g/mol. The highest BCUT2D eigenvalue weighted by molar-refractivity contribution is 5.77. The summed E-state index contributed by atoms with van der Waals surface area (Å²) >= 11 is 0. The van der Waals surface area contributed by atoms with Gasteiger partial charge in [-0.1, -0.05) is 0 Å². The topological polar surface area (TPSA) is 90.7 Å². The lowest BCUT2D eigenvalue weighted by atomic mass is 10.0. The molecule has 0 aliphatic carbocycles. The first-order valence-electron chi connectivity index (χ1n) is 4.06. The molecule has 0 aliphatic heterocycles. The zero-order valence-corrected chi connectivity index (χ0v) is 7.37. The van der Waals surface area contributed by atoms with Gasteiger partial charge in [-0.05, 0) is 6.07 Å². The number of hydrogen-bond donors (Lipinski definition) is 3. The zero-order valence-electron chi connectivity index (χ0n) is 7.37. The molecule has 0 radical (unpaired) electrons. The van der Waals surface area contributed by atoms with Crippen LogP contribution in [0.4, 0.5) is 0 Å². The van der Waals surface area contributed by atoms with Crippen LogP contribution < -0.4 is 0 Å². The summed E-state index contributed by atoms with van der Waals surface area (Å²) < 4.78 is 0. The van der Waals surface area contributed by atoms with E-state index in [9.17, 15) is 9.90 Å². The second kappa shape index (κ2) is 4.80. The van der Waals surface area contributed by atoms with E-state index >= 15 is 0 Å². The van der Waals surface area contributed by atoms with Crippen LogP contribution >= 0.6 is 0 Å². The third-order valence-electron chi connectivity index (χ3n) is 1.88. The lowest BCUT2D eigenvalue weighted by Gasteiger charge is -2.16. The Kier molecular flexibility index (Phi) is 3.70. The monoisotopic (exact) mass is 197 g/mol. The fourth-order valence-corrected chi connectivity index (χ4v) is 1.08. The fraction of sp³-hybridized carbons (Fsp3) is 0.333. The predicted molar refractivity (Wildman–Crippen MR) is 47.7 cm³/mol. The zero-order chi connectivity index (χ0) is 10.6. The van der Waals surface area contributed by atoms with Crippen molar-refractivity contribution in [3.63, 3.8) is 0 Å². The standard InChI is InChI=1S/C9H11NO4/c11-4-6-1-2-10-3-7(6)9(14)8(13)5-12/h1-4,8-9,12-14H,5H2. The Labute approximate surface area is 80.7 Å². The summed E-state index contributed by atoms with van der Waals surface area (Å²) in [6.07, 6.45) is 0.648. The number of pyridine rings is 1. The van der Waals surface area contributed by atoms with Gasteiger partial charge in [0.15, 0.2) is 6.29 Å². The third-order valence-corrected chi connectivity index (χ3v) is 1.88. The number of aliphatic hydroxyl groups excluding tert-OH is 3. The van der Waals surface area contributed by atoms with Crippen molar-refractivity contribution < 1.29 is 20.1 Å². The SMILES string of the molecule is O=Cc1ccncc1C(O)C(O)CO. The van der Waals surface area contributed by atoms with E-state index in [0.29, 0.717) is 6.29 Å². The smallest absolute Gasteiger partial charge is 0.150 e.